The average molecular weight is 161 g/mol. The lowest BCUT2D eigenvalue weighted by molar-refractivity contribution is 0.953. The Balaban J connectivity index is 2.33. The molecule has 1 nitrogen and oxygen atoms in total. The molecule has 0 aliphatic carbocycles. The predicted octanol–water partition coefficient (Wildman–Crippen LogP) is 2.98. The third-order valence-corrected chi connectivity index (χ3v) is 1.72. The molecule has 0 saturated heterocycles. The van der Waals surface area contributed by atoms with Crippen molar-refractivity contribution in [2.75, 3.05) is 0 Å². The Morgan fingerprint density at radius 3 is 2.67 bits per heavy atom. The van der Waals surface area contributed by atoms with Crippen LogP contribution in [0.2, 0.25) is 0 Å². The Morgan fingerprint density at radius 1 is 1.25 bits per heavy atom. The van der Waals surface area contributed by atoms with Gasteiger partial charge in [-0.15, -0.1) is 0 Å². The van der Waals surface area contributed by atoms with E-state index in [-0.39, 0.29) is 0 Å². The maximum atomic E-state index is 3.97. The van der Waals surface area contributed by atoms with Crippen LogP contribution in [0.1, 0.15) is 25.3 Å². The molecule has 12 heavy (non-hydrogen) atoms. The van der Waals surface area contributed by atoms with Crippen molar-refractivity contribution in [3.8, 4) is 0 Å². The zero-order valence-corrected chi connectivity index (χ0v) is 7.53. The third kappa shape index (κ3) is 3.33. The van der Waals surface area contributed by atoms with Gasteiger partial charge in [0.05, 0.1) is 0 Å². The number of hydrogen-bond donors (Lipinski definition) is 0. The summed E-state index contributed by atoms with van der Waals surface area (Å²) >= 11 is 0. The molecule has 1 heterocycles. The SMILES string of the molecule is CCC/C=C\Cc1ccncc1. The van der Waals surface area contributed by atoms with Gasteiger partial charge in [-0.25, -0.2) is 0 Å². The van der Waals surface area contributed by atoms with Crippen LogP contribution in [-0.2, 0) is 6.42 Å². The topological polar surface area (TPSA) is 12.9 Å². The van der Waals surface area contributed by atoms with Gasteiger partial charge in [0.25, 0.3) is 0 Å². The van der Waals surface area contributed by atoms with E-state index in [2.05, 4.69) is 36.2 Å². The van der Waals surface area contributed by atoms with Crippen LogP contribution in [0.3, 0.4) is 0 Å². The van der Waals surface area contributed by atoms with Gasteiger partial charge in [-0.05, 0) is 30.5 Å². The summed E-state index contributed by atoms with van der Waals surface area (Å²) in [5.41, 5.74) is 1.33. The summed E-state index contributed by atoms with van der Waals surface area (Å²) in [5.74, 6) is 0. The van der Waals surface area contributed by atoms with Gasteiger partial charge in [-0.1, -0.05) is 25.5 Å². The van der Waals surface area contributed by atoms with E-state index in [1.807, 2.05) is 12.4 Å². The van der Waals surface area contributed by atoms with Crippen molar-refractivity contribution in [2.24, 2.45) is 0 Å². The molecule has 0 atom stereocenters. The molecule has 0 N–H and O–H groups in total. The summed E-state index contributed by atoms with van der Waals surface area (Å²) in [6, 6.07) is 4.10. The molecule has 0 amide bonds. The highest BCUT2D eigenvalue weighted by atomic mass is 14.6. The van der Waals surface area contributed by atoms with Gasteiger partial charge < -0.3 is 0 Å². The van der Waals surface area contributed by atoms with Crippen molar-refractivity contribution in [3.05, 3.63) is 42.2 Å². The lowest BCUT2D eigenvalue weighted by atomic mass is 10.2. The van der Waals surface area contributed by atoms with E-state index >= 15 is 0 Å². The zero-order chi connectivity index (χ0) is 8.65. The monoisotopic (exact) mass is 161 g/mol. The minimum absolute atomic E-state index is 1.03. The number of pyridine rings is 1. The number of nitrogens with zero attached hydrogens (tertiary/aromatic N) is 1. The van der Waals surface area contributed by atoms with E-state index in [0.717, 1.165) is 6.42 Å². The standard InChI is InChI=1S/C11H15N/c1-2-3-4-5-6-11-7-9-12-10-8-11/h4-5,7-10H,2-3,6H2,1H3/b5-4-. The van der Waals surface area contributed by atoms with Crippen LogP contribution in [-0.4, -0.2) is 4.98 Å². The number of unbranched alkanes of at least 4 members (excludes halogenated alkanes) is 1. The molecule has 64 valence electrons. The summed E-state index contributed by atoms with van der Waals surface area (Å²) < 4.78 is 0. The molecule has 0 aliphatic heterocycles. The number of allylic oxidation sites excluding steroid dienone is 2. The first kappa shape index (κ1) is 8.98. The van der Waals surface area contributed by atoms with E-state index < -0.39 is 0 Å². The van der Waals surface area contributed by atoms with Crippen molar-refractivity contribution < 1.29 is 0 Å². The van der Waals surface area contributed by atoms with Gasteiger partial charge in [-0.3, -0.25) is 4.98 Å². The Hall–Kier alpha value is -1.11. The van der Waals surface area contributed by atoms with Gasteiger partial charge in [0.1, 0.15) is 0 Å². The Labute approximate surface area is 74.2 Å². The molecule has 1 aromatic heterocycles. The van der Waals surface area contributed by atoms with Crippen molar-refractivity contribution in [2.45, 2.75) is 26.2 Å². The summed E-state index contributed by atoms with van der Waals surface area (Å²) in [4.78, 5) is 3.97. The smallest absolute Gasteiger partial charge is 0.0270 e. The second-order valence-electron chi connectivity index (χ2n) is 2.82. The van der Waals surface area contributed by atoms with Crippen molar-refractivity contribution >= 4 is 0 Å². The second-order valence-corrected chi connectivity index (χ2v) is 2.82. The fourth-order valence-corrected chi connectivity index (χ4v) is 1.02. The molecule has 1 rings (SSSR count). The molecule has 0 spiro atoms. The van der Waals surface area contributed by atoms with E-state index in [1.165, 1.54) is 18.4 Å². The molecule has 0 fully saturated rings. The summed E-state index contributed by atoms with van der Waals surface area (Å²) in [6.07, 6.45) is 11.6. The van der Waals surface area contributed by atoms with Crippen LogP contribution in [0.15, 0.2) is 36.7 Å². The van der Waals surface area contributed by atoms with Crippen LogP contribution in [0.4, 0.5) is 0 Å². The Kier molecular flexibility index (Phi) is 4.14. The number of hydrogen-bond acceptors (Lipinski definition) is 1. The van der Waals surface area contributed by atoms with Gasteiger partial charge in [0.2, 0.25) is 0 Å². The lowest BCUT2D eigenvalue weighted by Crippen LogP contribution is -1.80. The molecule has 0 aromatic carbocycles. The highest BCUT2D eigenvalue weighted by Gasteiger charge is 1.85. The first-order chi connectivity index (χ1) is 5.93. The molecular weight excluding hydrogens is 146 g/mol. The zero-order valence-electron chi connectivity index (χ0n) is 7.53. The summed E-state index contributed by atoms with van der Waals surface area (Å²) in [6.45, 7) is 2.19. The van der Waals surface area contributed by atoms with E-state index in [9.17, 15) is 0 Å². The summed E-state index contributed by atoms with van der Waals surface area (Å²) in [7, 11) is 0. The van der Waals surface area contributed by atoms with Crippen LogP contribution in [0, 0.1) is 0 Å². The fraction of sp³-hybridized carbons (Fsp3) is 0.364. The molecule has 1 heteroatoms. The minimum Gasteiger partial charge on any atom is -0.265 e. The first-order valence-corrected chi connectivity index (χ1v) is 4.47. The highest BCUT2D eigenvalue weighted by molar-refractivity contribution is 5.13. The molecule has 0 aliphatic rings. The summed E-state index contributed by atoms with van der Waals surface area (Å²) in [5, 5.41) is 0. The third-order valence-electron chi connectivity index (χ3n) is 1.72. The highest BCUT2D eigenvalue weighted by Crippen LogP contribution is 1.99. The molecular formula is C11H15N. The quantitative estimate of drug-likeness (QED) is 0.619. The maximum absolute atomic E-state index is 3.97. The van der Waals surface area contributed by atoms with Gasteiger partial charge in [0.15, 0.2) is 0 Å². The van der Waals surface area contributed by atoms with Crippen LogP contribution in [0.25, 0.3) is 0 Å². The van der Waals surface area contributed by atoms with E-state index in [1.54, 1.807) is 0 Å². The molecule has 0 unspecified atom stereocenters. The normalized spacial score (nSPS) is 10.8. The minimum atomic E-state index is 1.03. The fourth-order valence-electron chi connectivity index (χ4n) is 1.02. The first-order valence-electron chi connectivity index (χ1n) is 4.47. The van der Waals surface area contributed by atoms with Crippen molar-refractivity contribution in [1.29, 1.82) is 0 Å². The lowest BCUT2D eigenvalue weighted by Gasteiger charge is -1.92. The number of rotatable bonds is 4. The van der Waals surface area contributed by atoms with Crippen LogP contribution in [0.5, 0.6) is 0 Å². The van der Waals surface area contributed by atoms with Crippen molar-refractivity contribution in [1.82, 2.24) is 4.98 Å². The Bertz CT molecular complexity index is 226. The average Bonchev–Trinajstić information content (AvgIpc) is 2.14. The van der Waals surface area contributed by atoms with Gasteiger partial charge >= 0.3 is 0 Å². The largest absolute Gasteiger partial charge is 0.265 e. The maximum Gasteiger partial charge on any atom is 0.0270 e. The second kappa shape index (κ2) is 5.53. The Morgan fingerprint density at radius 2 is 2.00 bits per heavy atom. The molecule has 0 radical (unpaired) electrons. The van der Waals surface area contributed by atoms with E-state index in [4.69, 9.17) is 0 Å². The molecule has 0 saturated carbocycles. The van der Waals surface area contributed by atoms with Gasteiger partial charge in [0, 0.05) is 12.4 Å². The van der Waals surface area contributed by atoms with E-state index in [0.29, 0.717) is 0 Å². The molecule has 1 aromatic rings. The van der Waals surface area contributed by atoms with Crippen LogP contribution < -0.4 is 0 Å². The van der Waals surface area contributed by atoms with Gasteiger partial charge in [-0.2, -0.15) is 0 Å². The van der Waals surface area contributed by atoms with Crippen LogP contribution >= 0.6 is 0 Å². The van der Waals surface area contributed by atoms with Crippen molar-refractivity contribution in [3.63, 3.8) is 0 Å². The predicted molar refractivity (Wildman–Crippen MR) is 52.0 cm³/mol. The number of aromatic nitrogens is 1. The molecule has 0 bridgehead atoms.